The van der Waals surface area contributed by atoms with Crippen LogP contribution in [0.3, 0.4) is 0 Å². The van der Waals surface area contributed by atoms with E-state index in [1.54, 1.807) is 24.3 Å². The van der Waals surface area contributed by atoms with Gasteiger partial charge in [0.1, 0.15) is 12.7 Å². The van der Waals surface area contributed by atoms with Gasteiger partial charge in [-0.3, -0.25) is 5.32 Å². The monoisotopic (exact) mass is 623 g/mol. The van der Waals surface area contributed by atoms with Crippen LogP contribution in [0.1, 0.15) is 91.4 Å². The first-order valence-electron chi connectivity index (χ1n) is 16.6. The molecule has 1 aromatic rings. The lowest BCUT2D eigenvalue weighted by Gasteiger charge is -2.29. The first-order chi connectivity index (χ1) is 20.8. The van der Waals surface area contributed by atoms with Gasteiger partial charge in [0.2, 0.25) is 5.79 Å². The molecule has 4 atom stereocenters. The van der Waals surface area contributed by atoms with Crippen LogP contribution in [0.15, 0.2) is 24.3 Å². The molecule has 2 N–H and O–H groups in total. The molecular weight excluding hydrogens is 570 g/mol. The number of carbonyl (C=O) groups excluding carboxylic acids is 1. The zero-order valence-electron chi connectivity index (χ0n) is 26.5. The van der Waals surface area contributed by atoms with Crippen LogP contribution >= 0.6 is 11.6 Å². The largest absolute Gasteiger partial charge is 0.440 e. The second-order valence-corrected chi connectivity index (χ2v) is 13.1. The van der Waals surface area contributed by atoms with Crippen LogP contribution in [0, 0.1) is 0 Å². The number of rotatable bonds is 18. The molecule has 0 unspecified atom stereocenters. The molecule has 3 fully saturated rings. The van der Waals surface area contributed by atoms with Crippen molar-refractivity contribution in [3.8, 4) is 0 Å². The predicted molar refractivity (Wildman–Crippen MR) is 170 cm³/mol. The average Bonchev–Trinajstić information content (AvgIpc) is 3.40. The highest BCUT2D eigenvalue weighted by atomic mass is 35.5. The number of nitrogens with zero attached hydrogens (tertiary/aromatic N) is 1. The zero-order chi connectivity index (χ0) is 30.5. The molecule has 0 bridgehead atoms. The minimum atomic E-state index is -1.16. The SMILES string of the molecule is CCCCCCCCCCOC[C@@]12O[C@@H](CNCCN3CCCCC3)[C@@H](OC(=O)Nc3ccc(Cl)cc3)[C@@H]1OC(C)(C)O2. The van der Waals surface area contributed by atoms with Gasteiger partial charge < -0.3 is 33.9 Å². The van der Waals surface area contributed by atoms with Gasteiger partial charge in [0.15, 0.2) is 18.0 Å². The highest BCUT2D eigenvalue weighted by molar-refractivity contribution is 6.30. The molecule has 0 saturated carbocycles. The van der Waals surface area contributed by atoms with Crippen molar-refractivity contribution in [1.82, 2.24) is 10.2 Å². The summed E-state index contributed by atoms with van der Waals surface area (Å²) in [4.78, 5) is 15.5. The number of fused-ring (bicyclic) bond motifs is 1. The number of anilines is 1. The lowest BCUT2D eigenvalue weighted by atomic mass is 10.1. The van der Waals surface area contributed by atoms with E-state index in [4.69, 9.17) is 35.3 Å². The third-order valence-electron chi connectivity index (χ3n) is 8.46. The van der Waals surface area contributed by atoms with Gasteiger partial charge in [-0.1, -0.05) is 69.9 Å². The van der Waals surface area contributed by atoms with E-state index in [0.717, 1.165) is 39.0 Å². The van der Waals surface area contributed by atoms with Crippen LogP contribution in [0.4, 0.5) is 10.5 Å². The molecule has 0 aliphatic carbocycles. The summed E-state index contributed by atoms with van der Waals surface area (Å²) in [5.74, 6) is -2.07. The molecule has 10 heteroatoms. The molecule has 0 spiro atoms. The van der Waals surface area contributed by atoms with E-state index >= 15 is 0 Å². The molecule has 9 nitrogen and oxygen atoms in total. The van der Waals surface area contributed by atoms with Crippen molar-refractivity contribution in [2.75, 3.05) is 51.3 Å². The van der Waals surface area contributed by atoms with Gasteiger partial charge >= 0.3 is 6.09 Å². The molecule has 3 aliphatic rings. The molecule has 43 heavy (non-hydrogen) atoms. The number of hydrogen-bond donors (Lipinski definition) is 2. The third-order valence-corrected chi connectivity index (χ3v) is 8.71. The Kier molecular flexibility index (Phi) is 13.8. The molecule has 3 aliphatic heterocycles. The van der Waals surface area contributed by atoms with Crippen LogP contribution in [0.5, 0.6) is 0 Å². The van der Waals surface area contributed by atoms with Crippen LogP contribution in [0.2, 0.25) is 5.02 Å². The number of nitrogens with one attached hydrogen (secondary N) is 2. The molecule has 0 radical (unpaired) electrons. The molecule has 1 amide bonds. The quantitative estimate of drug-likeness (QED) is 0.174. The highest BCUT2D eigenvalue weighted by Crippen LogP contribution is 2.46. The van der Waals surface area contributed by atoms with Crippen LogP contribution in [-0.4, -0.2) is 86.8 Å². The standard InChI is InChI=1S/C33H54ClN3O6/c1-4-5-6-7-8-9-10-14-23-39-25-33-30(42-32(2,3)43-33)29(40-31(38)36-27-17-15-26(34)16-18-27)28(41-33)24-35-19-22-37-20-12-11-13-21-37/h15-18,28-30,35H,4-14,19-25H2,1-3H3,(H,36,38)/t28-,29+,30-,33-/m0/s1. The number of hydrogen-bond acceptors (Lipinski definition) is 8. The summed E-state index contributed by atoms with van der Waals surface area (Å²) in [5.41, 5.74) is 0.591. The summed E-state index contributed by atoms with van der Waals surface area (Å²) in [6.45, 7) is 11.4. The van der Waals surface area contributed by atoms with Crippen molar-refractivity contribution in [1.29, 1.82) is 0 Å². The van der Waals surface area contributed by atoms with Gasteiger partial charge in [-0.15, -0.1) is 0 Å². The fourth-order valence-corrected chi connectivity index (χ4v) is 6.41. The van der Waals surface area contributed by atoms with Gasteiger partial charge in [-0.2, -0.15) is 0 Å². The Morgan fingerprint density at radius 1 is 1.00 bits per heavy atom. The molecular formula is C33H54ClN3O6. The maximum absolute atomic E-state index is 13.1. The summed E-state index contributed by atoms with van der Waals surface area (Å²) in [7, 11) is 0. The van der Waals surface area contributed by atoms with Crippen molar-refractivity contribution in [3.05, 3.63) is 29.3 Å². The maximum atomic E-state index is 13.1. The number of unbranched alkanes of at least 4 members (excludes halogenated alkanes) is 7. The smallest absolute Gasteiger partial charge is 0.412 e. The normalized spacial score (nSPS) is 26.8. The van der Waals surface area contributed by atoms with E-state index in [1.165, 1.54) is 57.8 Å². The maximum Gasteiger partial charge on any atom is 0.412 e. The molecule has 244 valence electrons. The average molecular weight is 624 g/mol. The Labute approximate surface area is 263 Å². The third kappa shape index (κ3) is 10.8. The van der Waals surface area contributed by atoms with Crippen molar-refractivity contribution in [2.24, 2.45) is 0 Å². The summed E-state index contributed by atoms with van der Waals surface area (Å²) in [6, 6.07) is 6.90. The zero-order valence-corrected chi connectivity index (χ0v) is 27.3. The lowest BCUT2D eigenvalue weighted by Crippen LogP contribution is -2.46. The fourth-order valence-electron chi connectivity index (χ4n) is 6.28. The number of amides is 1. The molecule has 0 aromatic heterocycles. The van der Waals surface area contributed by atoms with Gasteiger partial charge in [-0.05, 0) is 70.5 Å². The summed E-state index contributed by atoms with van der Waals surface area (Å²) in [6.07, 6.45) is 11.4. The van der Waals surface area contributed by atoms with Gasteiger partial charge in [-0.25, -0.2) is 4.79 Å². The summed E-state index contributed by atoms with van der Waals surface area (Å²) < 4.78 is 31.5. The van der Waals surface area contributed by atoms with E-state index in [0.29, 0.717) is 23.9 Å². The fraction of sp³-hybridized carbons (Fsp3) is 0.788. The highest BCUT2D eigenvalue weighted by Gasteiger charge is 2.66. The molecule has 3 saturated heterocycles. The van der Waals surface area contributed by atoms with Crippen LogP contribution in [0.25, 0.3) is 0 Å². The van der Waals surface area contributed by atoms with Crippen molar-refractivity contribution < 1.29 is 28.5 Å². The minimum Gasteiger partial charge on any atom is -0.440 e. The number of likely N-dealkylation sites (tertiary alicyclic amines) is 1. The molecule has 3 heterocycles. The van der Waals surface area contributed by atoms with Crippen molar-refractivity contribution >= 4 is 23.4 Å². The number of carbonyl (C=O) groups is 1. The van der Waals surface area contributed by atoms with E-state index < -0.39 is 36.0 Å². The van der Waals surface area contributed by atoms with Gasteiger partial charge in [0.05, 0.1) is 0 Å². The molecule has 1 aromatic carbocycles. The Morgan fingerprint density at radius 3 is 2.42 bits per heavy atom. The lowest BCUT2D eigenvalue weighted by molar-refractivity contribution is -0.277. The number of benzene rings is 1. The Hall–Kier alpha value is -1.46. The first kappa shape index (κ1) is 34.4. The number of halogens is 1. The second-order valence-electron chi connectivity index (χ2n) is 12.6. The van der Waals surface area contributed by atoms with E-state index in [9.17, 15) is 4.79 Å². The Morgan fingerprint density at radius 2 is 1.70 bits per heavy atom. The topological polar surface area (TPSA) is 90.5 Å². The second kappa shape index (κ2) is 17.3. The minimum absolute atomic E-state index is 0.209. The predicted octanol–water partition coefficient (Wildman–Crippen LogP) is 6.74. The number of piperidine rings is 1. The van der Waals surface area contributed by atoms with E-state index in [-0.39, 0.29) is 6.61 Å². The summed E-state index contributed by atoms with van der Waals surface area (Å²) in [5, 5.41) is 6.91. The number of ether oxygens (including phenoxy) is 5. The van der Waals surface area contributed by atoms with E-state index in [2.05, 4.69) is 22.5 Å². The summed E-state index contributed by atoms with van der Waals surface area (Å²) >= 11 is 6.01. The van der Waals surface area contributed by atoms with E-state index in [1.807, 2.05) is 13.8 Å². The first-order valence-corrected chi connectivity index (χ1v) is 17.0. The Balaban J connectivity index is 1.34. The van der Waals surface area contributed by atoms with Crippen LogP contribution < -0.4 is 10.6 Å². The Bertz CT molecular complexity index is 960. The van der Waals surface area contributed by atoms with Crippen molar-refractivity contribution in [2.45, 2.75) is 121 Å². The van der Waals surface area contributed by atoms with Gasteiger partial charge in [0, 0.05) is 37.0 Å². The van der Waals surface area contributed by atoms with Gasteiger partial charge in [0.25, 0.3) is 0 Å². The van der Waals surface area contributed by atoms with Crippen LogP contribution in [-0.2, 0) is 23.7 Å². The molecule has 4 rings (SSSR count). The van der Waals surface area contributed by atoms with Crippen molar-refractivity contribution in [3.63, 3.8) is 0 Å².